The quantitative estimate of drug-likeness (QED) is 0.757. The highest BCUT2D eigenvalue weighted by atomic mass is 16.5. The molecule has 0 atom stereocenters. The van der Waals surface area contributed by atoms with E-state index in [9.17, 15) is 4.79 Å². The number of carbonyl (C=O) groups is 1. The van der Waals surface area contributed by atoms with Crippen LogP contribution in [-0.4, -0.2) is 71.0 Å². The minimum atomic E-state index is -0.912. The molecule has 1 aliphatic rings. The average molecular weight is 376 g/mol. The number of tetrazole rings is 1. The largest absolute Gasteiger partial charge is 0.497 e. The minimum Gasteiger partial charge on any atom is -0.497 e. The fourth-order valence-corrected chi connectivity index (χ4v) is 3.03. The molecule has 3 rings (SSSR count). The van der Waals surface area contributed by atoms with Gasteiger partial charge in [-0.15, -0.1) is 5.10 Å². The Hall–Kier alpha value is -2.72. The molecule has 10 heteroatoms. The van der Waals surface area contributed by atoms with Crippen molar-refractivity contribution in [1.82, 2.24) is 25.1 Å². The highest BCUT2D eigenvalue weighted by molar-refractivity contribution is 5.86. The predicted octanol–water partition coefficient (Wildman–Crippen LogP) is 0.146. The summed E-state index contributed by atoms with van der Waals surface area (Å²) in [6.07, 6.45) is 0.988. The van der Waals surface area contributed by atoms with Gasteiger partial charge in [0.05, 0.1) is 32.0 Å². The summed E-state index contributed by atoms with van der Waals surface area (Å²) in [6.45, 7) is 1.18. The van der Waals surface area contributed by atoms with E-state index in [4.69, 9.17) is 19.9 Å². The lowest BCUT2D eigenvalue weighted by Gasteiger charge is -2.35. The Morgan fingerprint density at radius 1 is 1.26 bits per heavy atom. The smallest absolute Gasteiger partial charge is 0.242 e. The summed E-state index contributed by atoms with van der Waals surface area (Å²) < 4.78 is 17.4. The molecule has 2 aromatic rings. The van der Waals surface area contributed by atoms with Crippen molar-refractivity contribution < 1.29 is 19.0 Å². The molecule has 1 amide bonds. The third-order valence-electron chi connectivity index (χ3n) is 4.65. The summed E-state index contributed by atoms with van der Waals surface area (Å²) in [5.74, 6) is 1.57. The molecule has 0 saturated carbocycles. The number of nitrogens with zero attached hydrogens (tertiary/aromatic N) is 5. The topological polar surface area (TPSA) is 118 Å². The maximum absolute atomic E-state index is 12.8. The number of carbonyl (C=O) groups excluding carboxylic acids is 1. The molecule has 27 heavy (non-hydrogen) atoms. The van der Waals surface area contributed by atoms with Gasteiger partial charge in [-0.2, -0.15) is 4.68 Å². The van der Waals surface area contributed by atoms with E-state index in [0.717, 1.165) is 0 Å². The van der Waals surface area contributed by atoms with Crippen LogP contribution in [0.2, 0.25) is 0 Å². The van der Waals surface area contributed by atoms with Gasteiger partial charge in [0, 0.05) is 38.5 Å². The van der Waals surface area contributed by atoms with Gasteiger partial charge in [-0.05, 0) is 23.3 Å². The van der Waals surface area contributed by atoms with Crippen molar-refractivity contribution in [3.8, 4) is 17.2 Å². The molecule has 2 heterocycles. The number of nitrogens with two attached hydrogens (primary N) is 1. The number of benzene rings is 1. The Morgan fingerprint density at radius 2 is 1.89 bits per heavy atom. The molecule has 1 aliphatic heterocycles. The number of rotatable bonds is 6. The van der Waals surface area contributed by atoms with E-state index in [1.54, 1.807) is 49.0 Å². The first-order chi connectivity index (χ1) is 13.0. The molecule has 0 radical (unpaired) electrons. The van der Waals surface area contributed by atoms with E-state index >= 15 is 0 Å². The van der Waals surface area contributed by atoms with Gasteiger partial charge in [0.2, 0.25) is 5.91 Å². The molecular formula is C17H24N6O4. The summed E-state index contributed by atoms with van der Waals surface area (Å²) in [5.41, 5.74) is 6.05. The number of likely N-dealkylation sites (N-methyl/N-ethyl adjacent to an activating group) is 1. The second-order valence-electron chi connectivity index (χ2n) is 6.51. The first kappa shape index (κ1) is 19.1. The monoisotopic (exact) mass is 376 g/mol. The summed E-state index contributed by atoms with van der Waals surface area (Å²) in [7, 11) is 4.83. The molecular weight excluding hydrogens is 352 g/mol. The lowest BCUT2D eigenvalue weighted by molar-refractivity contribution is -0.139. The maximum atomic E-state index is 12.8. The van der Waals surface area contributed by atoms with Crippen LogP contribution in [0.3, 0.4) is 0 Å². The minimum absolute atomic E-state index is 0.149. The van der Waals surface area contributed by atoms with Crippen molar-refractivity contribution >= 4 is 5.91 Å². The van der Waals surface area contributed by atoms with Crippen LogP contribution in [0.4, 0.5) is 0 Å². The number of hydrogen-bond donors (Lipinski definition) is 1. The zero-order valence-corrected chi connectivity index (χ0v) is 15.7. The van der Waals surface area contributed by atoms with Crippen LogP contribution in [0, 0.1) is 0 Å². The van der Waals surface area contributed by atoms with Crippen molar-refractivity contribution in [2.45, 2.75) is 24.9 Å². The van der Waals surface area contributed by atoms with E-state index in [1.165, 1.54) is 0 Å². The fourth-order valence-electron chi connectivity index (χ4n) is 3.03. The second-order valence-corrected chi connectivity index (χ2v) is 6.51. The summed E-state index contributed by atoms with van der Waals surface area (Å²) in [6, 6.07) is 5.33. The van der Waals surface area contributed by atoms with Crippen molar-refractivity contribution in [2.75, 3.05) is 34.5 Å². The van der Waals surface area contributed by atoms with Crippen LogP contribution in [0.25, 0.3) is 5.69 Å². The zero-order chi connectivity index (χ0) is 19.4. The number of amides is 1. The lowest BCUT2D eigenvalue weighted by atomic mass is 9.90. The molecule has 1 fully saturated rings. The molecule has 146 valence electrons. The molecule has 1 saturated heterocycles. The Kier molecular flexibility index (Phi) is 5.57. The summed E-state index contributed by atoms with van der Waals surface area (Å²) in [4.78, 5) is 14.4. The van der Waals surface area contributed by atoms with Crippen molar-refractivity contribution in [3.05, 3.63) is 24.0 Å². The Bertz CT molecular complexity index is 780. The van der Waals surface area contributed by atoms with Crippen LogP contribution in [0.1, 0.15) is 18.7 Å². The van der Waals surface area contributed by atoms with Crippen molar-refractivity contribution in [2.24, 2.45) is 5.73 Å². The Balaban J connectivity index is 1.82. The van der Waals surface area contributed by atoms with Crippen molar-refractivity contribution in [3.63, 3.8) is 0 Å². The van der Waals surface area contributed by atoms with Gasteiger partial charge in [-0.3, -0.25) is 4.79 Å². The standard InChI is InChI=1S/C17H24N6O4/c1-22(16(24)17(18)4-6-27-7-5-17)11-15-19-20-21-23(15)12-8-13(25-2)10-14(9-12)26-3/h8-10H,4-7,11,18H2,1-3H3. The van der Waals surface area contributed by atoms with Gasteiger partial charge < -0.3 is 24.8 Å². The molecule has 1 aromatic carbocycles. The van der Waals surface area contributed by atoms with Gasteiger partial charge >= 0.3 is 0 Å². The third kappa shape index (κ3) is 4.01. The van der Waals surface area contributed by atoms with E-state index in [2.05, 4.69) is 15.5 Å². The average Bonchev–Trinajstić information content (AvgIpc) is 3.15. The van der Waals surface area contributed by atoms with Crippen molar-refractivity contribution in [1.29, 1.82) is 0 Å². The van der Waals surface area contributed by atoms with E-state index in [1.807, 2.05) is 0 Å². The fraction of sp³-hybridized carbons (Fsp3) is 0.529. The van der Waals surface area contributed by atoms with Gasteiger partial charge in [-0.25, -0.2) is 0 Å². The first-order valence-electron chi connectivity index (χ1n) is 8.60. The van der Waals surface area contributed by atoms with Gasteiger partial charge in [0.1, 0.15) is 11.5 Å². The number of methoxy groups -OCH3 is 2. The van der Waals surface area contributed by atoms with E-state index < -0.39 is 5.54 Å². The molecule has 1 aromatic heterocycles. The SMILES string of the molecule is COc1cc(OC)cc(-n2nnnc2CN(C)C(=O)C2(N)CCOCC2)c1. The van der Waals surface area contributed by atoms with Gasteiger partial charge in [-0.1, -0.05) is 0 Å². The highest BCUT2D eigenvalue weighted by Gasteiger charge is 2.38. The predicted molar refractivity (Wildman–Crippen MR) is 95.7 cm³/mol. The summed E-state index contributed by atoms with van der Waals surface area (Å²) in [5, 5.41) is 11.8. The van der Waals surface area contributed by atoms with Gasteiger partial charge in [0.25, 0.3) is 0 Å². The first-order valence-corrected chi connectivity index (χ1v) is 8.60. The molecule has 10 nitrogen and oxygen atoms in total. The molecule has 2 N–H and O–H groups in total. The maximum Gasteiger partial charge on any atom is 0.242 e. The lowest BCUT2D eigenvalue weighted by Crippen LogP contribution is -2.57. The number of aromatic nitrogens is 4. The number of ether oxygens (including phenoxy) is 3. The molecule has 0 bridgehead atoms. The molecule has 0 spiro atoms. The second kappa shape index (κ2) is 7.89. The third-order valence-corrected chi connectivity index (χ3v) is 4.65. The van der Waals surface area contributed by atoms with E-state index in [0.29, 0.717) is 49.1 Å². The van der Waals surface area contributed by atoms with Crippen LogP contribution >= 0.6 is 0 Å². The Morgan fingerprint density at radius 3 is 2.48 bits per heavy atom. The molecule has 0 aliphatic carbocycles. The Labute approximate surface area is 157 Å². The van der Waals surface area contributed by atoms with Crippen LogP contribution < -0.4 is 15.2 Å². The van der Waals surface area contributed by atoms with Gasteiger partial charge in [0.15, 0.2) is 5.82 Å². The normalized spacial score (nSPS) is 16.0. The highest BCUT2D eigenvalue weighted by Crippen LogP contribution is 2.25. The van der Waals surface area contributed by atoms with Crippen LogP contribution in [-0.2, 0) is 16.1 Å². The van der Waals surface area contributed by atoms with Crippen LogP contribution in [0.15, 0.2) is 18.2 Å². The van der Waals surface area contributed by atoms with E-state index in [-0.39, 0.29) is 12.5 Å². The number of hydrogen-bond acceptors (Lipinski definition) is 8. The molecule has 0 unspecified atom stereocenters. The van der Waals surface area contributed by atoms with Crippen LogP contribution in [0.5, 0.6) is 11.5 Å². The summed E-state index contributed by atoms with van der Waals surface area (Å²) >= 11 is 0. The zero-order valence-electron chi connectivity index (χ0n) is 15.7.